The Kier molecular flexibility index (Phi) is 7.46. The largest absolute Gasteiger partial charge is 0.573 e. The molecule has 3 aromatic rings. The highest BCUT2D eigenvalue weighted by Gasteiger charge is 2.31. The Bertz CT molecular complexity index is 1080. The van der Waals surface area contributed by atoms with Crippen LogP contribution in [-0.4, -0.2) is 40.3 Å². The van der Waals surface area contributed by atoms with Gasteiger partial charge in [-0.25, -0.2) is 0 Å². The number of rotatable bonds is 10. The number of carbonyl (C=O) groups excluding carboxylic acids is 1. The lowest BCUT2D eigenvalue weighted by Gasteiger charge is -2.10. The second-order valence-corrected chi connectivity index (χ2v) is 6.58. The van der Waals surface area contributed by atoms with Gasteiger partial charge in [0.1, 0.15) is 18.6 Å². The maximum Gasteiger partial charge on any atom is 0.573 e. The number of amides is 1. The highest BCUT2D eigenvalue weighted by molar-refractivity contribution is 6.04. The molecule has 0 bridgehead atoms. The lowest BCUT2D eigenvalue weighted by Crippen LogP contribution is -2.20. The number of H-pyrrole nitrogens is 1. The van der Waals surface area contributed by atoms with Crippen molar-refractivity contribution in [2.75, 3.05) is 18.5 Å². The highest BCUT2D eigenvalue weighted by Crippen LogP contribution is 2.23. The summed E-state index contributed by atoms with van der Waals surface area (Å²) in [5.74, 6) is -1.14. The minimum absolute atomic E-state index is 0.0612. The number of imidazole rings is 1. The van der Waals surface area contributed by atoms with Crippen LogP contribution in [0.15, 0.2) is 54.7 Å². The number of nitrogens with one attached hydrogen (secondary N) is 3. The van der Waals surface area contributed by atoms with Gasteiger partial charge in [-0.1, -0.05) is 12.1 Å². The topological polar surface area (TPSA) is 131 Å². The van der Waals surface area contributed by atoms with E-state index in [9.17, 15) is 28.1 Å². The average molecular weight is 465 g/mol. The molecule has 3 N–H and O–H groups in total. The first kappa shape index (κ1) is 23.5. The fourth-order valence-corrected chi connectivity index (χ4v) is 2.63. The van der Waals surface area contributed by atoms with Gasteiger partial charge in [-0.15, -0.1) is 13.2 Å². The number of nitro groups is 1. The number of alkyl halides is 3. The van der Waals surface area contributed by atoms with Crippen molar-refractivity contribution in [3.05, 3.63) is 76.0 Å². The number of anilines is 1. The number of ether oxygens (including phenoxy) is 2. The smallest absolute Gasteiger partial charge is 0.446 e. The van der Waals surface area contributed by atoms with Crippen molar-refractivity contribution >= 4 is 17.4 Å². The molecular formula is C20H18F3N5O5. The molecule has 0 saturated carbocycles. The molecule has 0 unspecified atom stereocenters. The molecule has 0 spiro atoms. The average Bonchev–Trinajstić information content (AvgIpc) is 3.23. The molecule has 0 radical (unpaired) electrons. The molecule has 2 aromatic carbocycles. The number of nitrogens with zero attached hydrogens (tertiary/aromatic N) is 2. The van der Waals surface area contributed by atoms with Gasteiger partial charge in [0, 0.05) is 24.3 Å². The molecule has 1 aromatic heterocycles. The summed E-state index contributed by atoms with van der Waals surface area (Å²) in [5.41, 5.74) is 1.62. The van der Waals surface area contributed by atoms with Crippen molar-refractivity contribution in [1.29, 1.82) is 0 Å². The first-order valence-corrected chi connectivity index (χ1v) is 9.48. The predicted molar refractivity (Wildman–Crippen MR) is 110 cm³/mol. The number of hydrogen-bond donors (Lipinski definition) is 3. The lowest BCUT2D eigenvalue weighted by molar-refractivity contribution is -0.389. The third-order valence-corrected chi connectivity index (χ3v) is 4.14. The number of benzene rings is 2. The summed E-state index contributed by atoms with van der Waals surface area (Å²) >= 11 is 0. The van der Waals surface area contributed by atoms with Gasteiger partial charge in [0.05, 0.1) is 0 Å². The minimum Gasteiger partial charge on any atom is -0.446 e. The molecule has 174 valence electrons. The third kappa shape index (κ3) is 7.50. The molecular weight excluding hydrogens is 447 g/mol. The van der Waals surface area contributed by atoms with E-state index in [0.29, 0.717) is 18.8 Å². The van der Waals surface area contributed by atoms with Crippen LogP contribution in [0.1, 0.15) is 15.9 Å². The van der Waals surface area contributed by atoms with Crippen molar-refractivity contribution < 1.29 is 32.4 Å². The molecule has 33 heavy (non-hydrogen) atoms. The predicted octanol–water partition coefficient (Wildman–Crippen LogP) is 3.64. The van der Waals surface area contributed by atoms with Crippen LogP contribution < -0.4 is 20.1 Å². The molecule has 3 rings (SSSR count). The van der Waals surface area contributed by atoms with E-state index in [1.807, 2.05) is 0 Å². The zero-order valence-electron chi connectivity index (χ0n) is 16.9. The summed E-state index contributed by atoms with van der Waals surface area (Å²) in [6.07, 6.45) is -3.73. The zero-order chi connectivity index (χ0) is 23.8. The second kappa shape index (κ2) is 10.5. The SMILES string of the molecule is O=C(Nc1ccc(CNCCOc2ncc([N+](=O)[O-])[nH]2)cc1)c1ccc(OC(F)(F)F)cc1. The van der Waals surface area contributed by atoms with Crippen molar-refractivity contribution in [2.24, 2.45) is 0 Å². The maximum atomic E-state index is 12.2. The fourth-order valence-electron chi connectivity index (χ4n) is 2.63. The summed E-state index contributed by atoms with van der Waals surface area (Å²) < 4.78 is 45.6. The van der Waals surface area contributed by atoms with E-state index in [1.54, 1.807) is 24.3 Å². The van der Waals surface area contributed by atoms with Crippen LogP contribution in [0, 0.1) is 10.1 Å². The van der Waals surface area contributed by atoms with Gasteiger partial charge >= 0.3 is 18.2 Å². The first-order valence-electron chi connectivity index (χ1n) is 9.48. The van der Waals surface area contributed by atoms with E-state index in [2.05, 4.69) is 25.3 Å². The molecule has 10 nitrogen and oxygen atoms in total. The van der Waals surface area contributed by atoms with E-state index in [0.717, 1.165) is 23.9 Å². The van der Waals surface area contributed by atoms with Gasteiger partial charge < -0.3 is 30.2 Å². The Labute approximate surface area is 184 Å². The summed E-state index contributed by atoms with van der Waals surface area (Å²) in [5, 5.41) is 16.3. The Hall–Kier alpha value is -4.13. The molecule has 13 heteroatoms. The van der Waals surface area contributed by atoms with E-state index in [1.165, 1.54) is 12.1 Å². The first-order chi connectivity index (χ1) is 15.7. The van der Waals surface area contributed by atoms with Gasteiger partial charge in [-0.05, 0) is 46.9 Å². The number of halogens is 3. The van der Waals surface area contributed by atoms with Crippen LogP contribution in [0.2, 0.25) is 0 Å². The van der Waals surface area contributed by atoms with Gasteiger partial charge in [0.2, 0.25) is 0 Å². The number of carbonyl (C=O) groups is 1. The van der Waals surface area contributed by atoms with Crippen molar-refractivity contribution in [3.8, 4) is 11.8 Å². The molecule has 1 amide bonds. The molecule has 0 aliphatic heterocycles. The van der Waals surface area contributed by atoms with E-state index in [4.69, 9.17) is 4.74 Å². The molecule has 0 aliphatic rings. The van der Waals surface area contributed by atoms with Crippen molar-refractivity contribution in [2.45, 2.75) is 12.9 Å². The standard InChI is InChI=1S/C20H18F3N5O5/c21-20(22,23)33-16-7-3-14(4-8-16)18(29)26-15-5-1-13(2-6-15)11-24-9-10-32-19-25-12-17(27-19)28(30)31/h1-8,12,24H,9-11H2,(H,25,27)(H,26,29). The van der Waals surface area contributed by atoms with Crippen molar-refractivity contribution in [3.63, 3.8) is 0 Å². The Morgan fingerprint density at radius 3 is 2.42 bits per heavy atom. The Morgan fingerprint density at radius 2 is 1.82 bits per heavy atom. The Balaban J connectivity index is 1.40. The quantitative estimate of drug-likeness (QED) is 0.237. The summed E-state index contributed by atoms with van der Waals surface area (Å²) in [7, 11) is 0. The van der Waals surface area contributed by atoms with Crippen LogP contribution in [0.5, 0.6) is 11.8 Å². The zero-order valence-corrected chi connectivity index (χ0v) is 16.9. The van der Waals surface area contributed by atoms with Crippen LogP contribution in [0.25, 0.3) is 0 Å². The lowest BCUT2D eigenvalue weighted by atomic mass is 10.1. The van der Waals surface area contributed by atoms with Gasteiger partial charge in [-0.2, -0.15) is 9.97 Å². The highest BCUT2D eigenvalue weighted by atomic mass is 19.4. The van der Waals surface area contributed by atoms with Crippen LogP contribution in [-0.2, 0) is 6.54 Å². The molecule has 0 aliphatic carbocycles. The molecule has 0 atom stereocenters. The molecule has 0 fully saturated rings. The maximum absolute atomic E-state index is 12.2. The summed E-state index contributed by atoms with van der Waals surface area (Å²) in [6.45, 7) is 1.21. The monoisotopic (exact) mass is 465 g/mol. The Morgan fingerprint density at radius 1 is 1.12 bits per heavy atom. The van der Waals surface area contributed by atoms with Gasteiger partial charge in [0.15, 0.2) is 0 Å². The second-order valence-electron chi connectivity index (χ2n) is 6.58. The minimum atomic E-state index is -4.80. The third-order valence-electron chi connectivity index (χ3n) is 4.14. The van der Waals surface area contributed by atoms with E-state index >= 15 is 0 Å². The number of aromatic nitrogens is 2. The molecule has 0 saturated heterocycles. The summed E-state index contributed by atoms with van der Waals surface area (Å²) in [4.78, 5) is 28.4. The normalized spacial score (nSPS) is 11.1. The number of hydrogen-bond acceptors (Lipinski definition) is 7. The van der Waals surface area contributed by atoms with Crippen LogP contribution in [0.3, 0.4) is 0 Å². The van der Waals surface area contributed by atoms with Gasteiger partial charge in [0.25, 0.3) is 5.91 Å². The molecule has 1 heterocycles. The van der Waals surface area contributed by atoms with E-state index < -0.39 is 22.9 Å². The van der Waals surface area contributed by atoms with Crippen LogP contribution in [0.4, 0.5) is 24.7 Å². The van der Waals surface area contributed by atoms with E-state index in [-0.39, 0.29) is 24.0 Å². The van der Waals surface area contributed by atoms with Gasteiger partial charge in [-0.3, -0.25) is 4.79 Å². The summed E-state index contributed by atoms with van der Waals surface area (Å²) in [6, 6.07) is 11.6. The van der Waals surface area contributed by atoms with Crippen molar-refractivity contribution in [1.82, 2.24) is 15.3 Å². The van der Waals surface area contributed by atoms with Crippen LogP contribution >= 0.6 is 0 Å². The fraction of sp³-hybridized carbons (Fsp3) is 0.200. The number of aromatic amines is 1.